The Morgan fingerprint density at radius 1 is 0.273 bits per heavy atom. The first-order chi connectivity index (χ1) is 47.9. The van der Waals surface area contributed by atoms with Gasteiger partial charge in [0.25, 0.3) is 0 Å². The van der Waals surface area contributed by atoms with Gasteiger partial charge in [-0.25, -0.2) is 9.13 Å². The van der Waals surface area contributed by atoms with Crippen molar-refractivity contribution in [2.75, 3.05) is 39.6 Å². The molecule has 0 aliphatic carbocycles. The summed E-state index contributed by atoms with van der Waals surface area (Å²) < 4.78 is 68.7. The van der Waals surface area contributed by atoms with Gasteiger partial charge in [-0.05, 0) is 37.5 Å². The zero-order valence-electron chi connectivity index (χ0n) is 64.8. The molecule has 0 saturated carbocycles. The minimum Gasteiger partial charge on any atom is -0.462 e. The molecule has 0 aromatic rings. The maximum absolute atomic E-state index is 13.1. The van der Waals surface area contributed by atoms with E-state index in [1.54, 1.807) is 0 Å². The Bertz CT molecular complexity index is 1910. The van der Waals surface area contributed by atoms with Crippen LogP contribution in [0.15, 0.2) is 0 Å². The molecule has 0 aromatic heterocycles. The average molecular weight is 1450 g/mol. The number of phosphoric ester groups is 2. The van der Waals surface area contributed by atoms with E-state index in [-0.39, 0.29) is 25.7 Å². The van der Waals surface area contributed by atoms with Crippen LogP contribution >= 0.6 is 15.6 Å². The minimum absolute atomic E-state index is 0.107. The normalized spacial score (nSPS) is 13.9. The largest absolute Gasteiger partial charge is 0.472 e. The Morgan fingerprint density at radius 2 is 0.465 bits per heavy atom. The molecule has 0 fully saturated rings. The highest BCUT2D eigenvalue weighted by Gasteiger charge is 2.30. The number of carbonyl (C=O) groups excluding carboxylic acids is 4. The first-order valence-electron chi connectivity index (χ1n) is 41.5. The van der Waals surface area contributed by atoms with Gasteiger partial charge in [-0.3, -0.25) is 37.3 Å². The number of rotatable bonds is 79. The topological polar surface area (TPSA) is 237 Å². The number of hydrogen-bond donors (Lipinski definition) is 3. The molecule has 99 heavy (non-hydrogen) atoms. The summed E-state index contributed by atoms with van der Waals surface area (Å²) >= 11 is 0. The molecule has 19 heteroatoms. The number of unbranched alkanes of at least 4 members (excludes halogenated alkanes) is 49. The molecule has 0 radical (unpaired) electrons. The minimum atomic E-state index is -4.96. The lowest BCUT2D eigenvalue weighted by molar-refractivity contribution is -0.161. The van der Waals surface area contributed by atoms with Crippen LogP contribution in [-0.2, 0) is 65.4 Å². The zero-order chi connectivity index (χ0) is 72.8. The van der Waals surface area contributed by atoms with Crippen LogP contribution in [-0.4, -0.2) is 96.7 Å². The van der Waals surface area contributed by atoms with Gasteiger partial charge in [0, 0.05) is 25.7 Å². The molecular weight excluding hydrogens is 1290 g/mol. The zero-order valence-corrected chi connectivity index (χ0v) is 66.6. The van der Waals surface area contributed by atoms with E-state index in [0.29, 0.717) is 25.7 Å². The third-order valence-corrected chi connectivity index (χ3v) is 20.6. The van der Waals surface area contributed by atoms with Gasteiger partial charge in [0.1, 0.15) is 19.3 Å². The summed E-state index contributed by atoms with van der Waals surface area (Å²) in [7, 11) is -9.92. The van der Waals surface area contributed by atoms with Crippen LogP contribution in [0, 0.1) is 11.8 Å². The van der Waals surface area contributed by atoms with E-state index >= 15 is 0 Å². The molecule has 2 unspecified atom stereocenters. The monoisotopic (exact) mass is 1450 g/mol. The maximum Gasteiger partial charge on any atom is 0.472 e. The summed E-state index contributed by atoms with van der Waals surface area (Å²) in [4.78, 5) is 73.0. The van der Waals surface area contributed by atoms with Crippen molar-refractivity contribution < 1.29 is 80.2 Å². The van der Waals surface area contributed by atoms with Gasteiger partial charge in [0.2, 0.25) is 0 Å². The first-order valence-corrected chi connectivity index (χ1v) is 44.5. The molecule has 0 aliphatic rings. The fourth-order valence-corrected chi connectivity index (χ4v) is 13.9. The molecule has 0 saturated heterocycles. The molecular formula is C80H156O17P2. The van der Waals surface area contributed by atoms with Crippen LogP contribution < -0.4 is 0 Å². The quantitative estimate of drug-likeness (QED) is 0.0222. The molecule has 0 aromatic carbocycles. The lowest BCUT2D eigenvalue weighted by atomic mass is 10.0. The number of esters is 4. The van der Waals surface area contributed by atoms with E-state index in [1.807, 2.05) is 0 Å². The van der Waals surface area contributed by atoms with E-state index in [0.717, 1.165) is 102 Å². The van der Waals surface area contributed by atoms with E-state index in [9.17, 15) is 43.2 Å². The van der Waals surface area contributed by atoms with Gasteiger partial charge in [-0.15, -0.1) is 0 Å². The molecule has 0 spiro atoms. The summed E-state index contributed by atoms with van der Waals surface area (Å²) in [5, 5.41) is 10.6. The van der Waals surface area contributed by atoms with Crippen LogP contribution in [0.3, 0.4) is 0 Å². The summed E-state index contributed by atoms with van der Waals surface area (Å²) in [6.45, 7) is 9.61. The summed E-state index contributed by atoms with van der Waals surface area (Å²) in [5.74, 6) is -0.606. The summed E-state index contributed by atoms with van der Waals surface area (Å²) in [5.41, 5.74) is 0. The highest BCUT2D eigenvalue weighted by Crippen LogP contribution is 2.45. The first kappa shape index (κ1) is 97.1. The standard InChI is InChI=1S/C80H156O17P2/c1-7-9-11-13-15-17-19-21-23-25-27-29-34-38-46-52-58-64-79(84)96-75(68-90-77(82)62-56-50-44-37-33-28-26-24-22-20-18-16-14-12-10-8-2)70-94-98(86,87)92-66-74(81)67-93-99(88,89)95-71-76(69-91-78(83)63-57-51-45-41-40-43-49-55-61-73(5)6)97-80(85)65-59-53-47-39-35-31-30-32-36-42-48-54-60-72(3)4/h72-76,81H,7-71H2,1-6H3,(H,86,87)(H,88,89)/t74-,75-,76-/m1/s1. The van der Waals surface area contributed by atoms with Crippen LogP contribution in [0.5, 0.6) is 0 Å². The van der Waals surface area contributed by atoms with Crippen LogP contribution in [0.25, 0.3) is 0 Å². The molecule has 0 amide bonds. The van der Waals surface area contributed by atoms with Crippen LogP contribution in [0.4, 0.5) is 0 Å². The SMILES string of the molecule is CCCCCCCCCCCCCCCCCCCC(=O)O[C@H](COC(=O)CCCCCCCCCCCCCCCCCC)COP(=O)(O)OC[C@@H](O)COP(=O)(O)OC[C@@H](COC(=O)CCCCCCCCCCC(C)C)OC(=O)CCCCCCCCCCCCCCC(C)C. The smallest absolute Gasteiger partial charge is 0.462 e. The van der Waals surface area contributed by atoms with Gasteiger partial charge in [0.15, 0.2) is 12.2 Å². The molecule has 0 rings (SSSR count). The molecule has 0 aliphatic heterocycles. The number of ether oxygens (including phenoxy) is 4. The van der Waals surface area contributed by atoms with Gasteiger partial charge in [0.05, 0.1) is 26.4 Å². The molecule has 5 atom stereocenters. The van der Waals surface area contributed by atoms with Crippen LogP contribution in [0.2, 0.25) is 0 Å². The molecule has 0 bridgehead atoms. The second kappa shape index (κ2) is 71.7. The highest BCUT2D eigenvalue weighted by molar-refractivity contribution is 7.47. The van der Waals surface area contributed by atoms with Gasteiger partial charge in [-0.2, -0.15) is 0 Å². The van der Waals surface area contributed by atoms with Crippen molar-refractivity contribution in [3.8, 4) is 0 Å². The van der Waals surface area contributed by atoms with Gasteiger partial charge < -0.3 is 33.8 Å². The number of hydrogen-bond acceptors (Lipinski definition) is 15. The third-order valence-electron chi connectivity index (χ3n) is 18.7. The second-order valence-corrected chi connectivity index (χ2v) is 32.7. The molecule has 588 valence electrons. The second-order valence-electron chi connectivity index (χ2n) is 29.8. The van der Waals surface area contributed by atoms with Crippen molar-refractivity contribution >= 4 is 39.5 Å². The van der Waals surface area contributed by atoms with Gasteiger partial charge >= 0.3 is 39.5 Å². The Kier molecular flexibility index (Phi) is 70.3. The number of aliphatic hydroxyl groups is 1. The highest BCUT2D eigenvalue weighted by atomic mass is 31.2. The fraction of sp³-hybridized carbons (Fsp3) is 0.950. The Balaban J connectivity index is 5.26. The van der Waals surface area contributed by atoms with E-state index in [1.165, 1.54) is 238 Å². The van der Waals surface area contributed by atoms with E-state index in [2.05, 4.69) is 41.5 Å². The van der Waals surface area contributed by atoms with Crippen molar-refractivity contribution in [3.05, 3.63) is 0 Å². The van der Waals surface area contributed by atoms with Crippen LogP contribution in [0.1, 0.15) is 420 Å². The van der Waals surface area contributed by atoms with E-state index in [4.69, 9.17) is 37.0 Å². The predicted molar refractivity (Wildman–Crippen MR) is 405 cm³/mol. The van der Waals surface area contributed by atoms with Crippen molar-refractivity contribution in [1.29, 1.82) is 0 Å². The predicted octanol–water partition coefficient (Wildman–Crippen LogP) is 23.9. The van der Waals surface area contributed by atoms with Crippen molar-refractivity contribution in [1.82, 2.24) is 0 Å². The van der Waals surface area contributed by atoms with Gasteiger partial charge in [-0.1, -0.05) is 369 Å². The maximum atomic E-state index is 13.1. The van der Waals surface area contributed by atoms with Crippen molar-refractivity contribution in [2.45, 2.75) is 439 Å². The Labute approximate surface area is 607 Å². The molecule has 3 N–H and O–H groups in total. The number of carbonyl (C=O) groups is 4. The fourth-order valence-electron chi connectivity index (χ4n) is 12.4. The Hall–Kier alpha value is -1.94. The van der Waals surface area contributed by atoms with Crippen molar-refractivity contribution in [3.63, 3.8) is 0 Å². The summed E-state index contributed by atoms with van der Waals surface area (Å²) in [6, 6.07) is 0. The number of aliphatic hydroxyl groups excluding tert-OH is 1. The number of phosphoric acid groups is 2. The lowest BCUT2D eigenvalue weighted by Gasteiger charge is -2.21. The lowest BCUT2D eigenvalue weighted by Crippen LogP contribution is -2.30. The van der Waals surface area contributed by atoms with Crippen molar-refractivity contribution in [2.24, 2.45) is 11.8 Å². The van der Waals surface area contributed by atoms with E-state index < -0.39 is 97.5 Å². The Morgan fingerprint density at radius 3 is 0.687 bits per heavy atom. The molecule has 0 heterocycles. The average Bonchev–Trinajstić information content (AvgIpc) is 1.06. The molecule has 17 nitrogen and oxygen atoms in total. The third kappa shape index (κ3) is 74.1. The summed E-state index contributed by atoms with van der Waals surface area (Å²) in [6.07, 6.45) is 61.0.